The maximum atomic E-state index is 13.1. The Kier molecular flexibility index (Phi) is 6.14. The number of anilines is 1. The molecule has 4 nitrogen and oxygen atoms in total. The lowest BCUT2D eigenvalue weighted by atomic mass is 9.99. The number of ether oxygens (including phenoxy) is 1. The number of nitrogens with one attached hydrogen (secondary N) is 1. The van der Waals surface area contributed by atoms with E-state index in [1.165, 1.54) is 28.2 Å². The normalized spacial score (nSPS) is 11.0. The number of hydrogen-bond donors (Lipinski definition) is 1. The molecule has 0 radical (unpaired) electrons. The number of benzene rings is 2. The zero-order valence-electron chi connectivity index (χ0n) is 17.2. The van der Waals surface area contributed by atoms with Crippen LogP contribution in [0.25, 0.3) is 21.2 Å². The fourth-order valence-corrected chi connectivity index (χ4v) is 5.66. The maximum Gasteiger partial charge on any atom is 0.341 e. The molecular weight excluding hydrogens is 450 g/mol. The van der Waals surface area contributed by atoms with Crippen LogP contribution in [0.2, 0.25) is 5.02 Å². The monoisotopic (exact) mass is 469 g/mol. The Balaban J connectivity index is 1.74. The van der Waals surface area contributed by atoms with Gasteiger partial charge in [-0.3, -0.25) is 4.79 Å². The van der Waals surface area contributed by atoms with Gasteiger partial charge in [0.1, 0.15) is 15.4 Å². The highest BCUT2D eigenvalue weighted by molar-refractivity contribution is 7.22. The second-order valence-corrected chi connectivity index (χ2v) is 9.38. The van der Waals surface area contributed by atoms with Gasteiger partial charge in [0.2, 0.25) is 0 Å². The first-order valence-corrected chi connectivity index (χ1v) is 11.8. The summed E-state index contributed by atoms with van der Waals surface area (Å²) in [7, 11) is 0. The van der Waals surface area contributed by atoms with Crippen molar-refractivity contribution in [2.45, 2.75) is 20.8 Å². The molecule has 0 spiro atoms. The van der Waals surface area contributed by atoms with Crippen LogP contribution in [0.1, 0.15) is 38.1 Å². The van der Waals surface area contributed by atoms with E-state index in [0.29, 0.717) is 20.5 Å². The molecule has 0 unspecified atom stereocenters. The van der Waals surface area contributed by atoms with Crippen molar-refractivity contribution in [2.24, 2.45) is 0 Å². The van der Waals surface area contributed by atoms with Gasteiger partial charge in [-0.25, -0.2) is 4.79 Å². The molecule has 0 fully saturated rings. The van der Waals surface area contributed by atoms with Crippen molar-refractivity contribution in [3.8, 4) is 11.1 Å². The van der Waals surface area contributed by atoms with Gasteiger partial charge in [-0.2, -0.15) is 0 Å². The predicted molar refractivity (Wildman–Crippen MR) is 130 cm³/mol. The van der Waals surface area contributed by atoms with Gasteiger partial charge in [-0.15, -0.1) is 22.7 Å². The number of thiophene rings is 2. The van der Waals surface area contributed by atoms with E-state index in [9.17, 15) is 9.59 Å². The summed E-state index contributed by atoms with van der Waals surface area (Å²) in [5.74, 6) is -0.806. The van der Waals surface area contributed by atoms with Crippen molar-refractivity contribution in [3.05, 3.63) is 74.4 Å². The van der Waals surface area contributed by atoms with Gasteiger partial charge in [0.15, 0.2) is 0 Å². The zero-order chi connectivity index (χ0) is 22.1. The SMILES string of the molecule is CCOC(=O)c1c(-c2ccc(C)c(C)c2)csc1NC(=O)c1sc2ccccc2c1Cl. The van der Waals surface area contributed by atoms with Gasteiger partial charge >= 0.3 is 5.97 Å². The molecule has 158 valence electrons. The molecule has 1 N–H and O–H groups in total. The topological polar surface area (TPSA) is 55.4 Å². The lowest BCUT2D eigenvalue weighted by Gasteiger charge is -2.10. The molecule has 0 atom stereocenters. The van der Waals surface area contributed by atoms with Crippen molar-refractivity contribution in [3.63, 3.8) is 0 Å². The Hall–Kier alpha value is -2.67. The van der Waals surface area contributed by atoms with E-state index in [4.69, 9.17) is 16.3 Å². The summed E-state index contributed by atoms with van der Waals surface area (Å²) in [6, 6.07) is 13.6. The largest absolute Gasteiger partial charge is 0.462 e. The summed E-state index contributed by atoms with van der Waals surface area (Å²) in [6.07, 6.45) is 0. The van der Waals surface area contributed by atoms with E-state index in [2.05, 4.69) is 5.32 Å². The Morgan fingerprint density at radius 1 is 1.10 bits per heavy atom. The van der Waals surface area contributed by atoms with Gasteiger partial charge in [0.25, 0.3) is 5.91 Å². The lowest BCUT2D eigenvalue weighted by molar-refractivity contribution is 0.0529. The number of hydrogen-bond acceptors (Lipinski definition) is 5. The molecule has 31 heavy (non-hydrogen) atoms. The van der Waals surface area contributed by atoms with Crippen LogP contribution in [0.5, 0.6) is 0 Å². The van der Waals surface area contributed by atoms with Gasteiger partial charge in [-0.05, 0) is 43.5 Å². The molecule has 2 aromatic carbocycles. The first kappa shape index (κ1) is 21.6. The minimum absolute atomic E-state index is 0.247. The number of fused-ring (bicyclic) bond motifs is 1. The van der Waals surface area contributed by atoms with Crippen LogP contribution in [0.3, 0.4) is 0 Å². The smallest absolute Gasteiger partial charge is 0.341 e. The molecule has 7 heteroatoms. The van der Waals surface area contributed by atoms with E-state index in [-0.39, 0.29) is 12.5 Å². The van der Waals surface area contributed by atoms with Crippen molar-refractivity contribution >= 4 is 61.2 Å². The fraction of sp³-hybridized carbons (Fsp3) is 0.167. The maximum absolute atomic E-state index is 13.1. The summed E-state index contributed by atoms with van der Waals surface area (Å²) in [5, 5.41) is 6.47. The van der Waals surface area contributed by atoms with Gasteiger partial charge < -0.3 is 10.1 Å². The van der Waals surface area contributed by atoms with E-state index >= 15 is 0 Å². The quantitative estimate of drug-likeness (QED) is 0.311. The second kappa shape index (κ2) is 8.83. The van der Waals surface area contributed by atoms with Gasteiger partial charge in [-0.1, -0.05) is 48.0 Å². The first-order valence-electron chi connectivity index (χ1n) is 9.75. The lowest BCUT2D eigenvalue weighted by Crippen LogP contribution is -2.14. The third-order valence-corrected chi connectivity index (χ3v) is 7.63. The van der Waals surface area contributed by atoms with Crippen LogP contribution in [0, 0.1) is 13.8 Å². The van der Waals surface area contributed by atoms with Crippen molar-refractivity contribution in [1.29, 1.82) is 0 Å². The molecule has 4 rings (SSSR count). The number of rotatable bonds is 5. The average molecular weight is 470 g/mol. The van der Waals surface area contributed by atoms with Crippen molar-refractivity contribution in [1.82, 2.24) is 0 Å². The van der Waals surface area contributed by atoms with Crippen LogP contribution in [-0.4, -0.2) is 18.5 Å². The number of halogens is 1. The van der Waals surface area contributed by atoms with Crippen LogP contribution in [0.15, 0.2) is 47.8 Å². The zero-order valence-corrected chi connectivity index (χ0v) is 19.6. The molecule has 2 heterocycles. The third kappa shape index (κ3) is 4.11. The van der Waals surface area contributed by atoms with Crippen LogP contribution in [-0.2, 0) is 4.74 Å². The molecule has 0 saturated heterocycles. The summed E-state index contributed by atoms with van der Waals surface area (Å²) in [5.41, 5.74) is 4.30. The number of esters is 1. The second-order valence-electron chi connectivity index (χ2n) is 7.07. The fourth-order valence-electron chi connectivity index (χ4n) is 3.30. The summed E-state index contributed by atoms with van der Waals surface area (Å²) in [4.78, 5) is 26.3. The van der Waals surface area contributed by atoms with Crippen LogP contribution < -0.4 is 5.32 Å². The van der Waals surface area contributed by atoms with Crippen LogP contribution >= 0.6 is 34.3 Å². The predicted octanol–water partition coefficient (Wildman–Crippen LogP) is 7.33. The summed E-state index contributed by atoms with van der Waals surface area (Å²) < 4.78 is 6.23. The molecule has 0 bridgehead atoms. The summed E-state index contributed by atoms with van der Waals surface area (Å²) in [6.45, 7) is 6.08. The average Bonchev–Trinajstić information content (AvgIpc) is 3.32. The molecule has 0 aliphatic heterocycles. The van der Waals surface area contributed by atoms with Gasteiger partial charge in [0, 0.05) is 21.0 Å². The molecule has 2 aromatic heterocycles. The number of amides is 1. The van der Waals surface area contributed by atoms with Crippen LogP contribution in [0.4, 0.5) is 5.00 Å². The Morgan fingerprint density at radius 3 is 2.58 bits per heavy atom. The molecule has 0 aliphatic carbocycles. The number of carbonyl (C=O) groups excluding carboxylic acids is 2. The minimum Gasteiger partial charge on any atom is -0.462 e. The molecule has 4 aromatic rings. The molecule has 0 saturated carbocycles. The molecule has 0 aliphatic rings. The molecule has 1 amide bonds. The Bertz CT molecular complexity index is 1310. The standard InChI is InChI=1S/C24H20ClNO3S2/c1-4-29-24(28)19-17(15-10-9-13(2)14(3)11-15)12-30-23(19)26-22(27)21-20(25)16-7-5-6-8-18(16)31-21/h5-12H,4H2,1-3H3,(H,26,27). The van der Waals surface area contributed by atoms with E-state index in [1.54, 1.807) is 6.92 Å². The van der Waals surface area contributed by atoms with E-state index in [0.717, 1.165) is 26.8 Å². The number of carbonyl (C=O) groups is 2. The Morgan fingerprint density at radius 2 is 1.87 bits per heavy atom. The van der Waals surface area contributed by atoms with E-state index < -0.39 is 5.97 Å². The van der Waals surface area contributed by atoms with Crippen molar-refractivity contribution < 1.29 is 14.3 Å². The first-order chi connectivity index (χ1) is 14.9. The summed E-state index contributed by atoms with van der Waals surface area (Å²) >= 11 is 9.09. The Labute approximate surface area is 193 Å². The third-order valence-electron chi connectivity index (χ3n) is 5.06. The van der Waals surface area contributed by atoms with E-state index in [1.807, 2.05) is 61.7 Å². The highest BCUT2D eigenvalue weighted by Gasteiger charge is 2.25. The number of aryl methyl sites for hydroxylation is 2. The van der Waals surface area contributed by atoms with Gasteiger partial charge in [0.05, 0.1) is 11.6 Å². The molecular formula is C24H20ClNO3S2. The highest BCUT2D eigenvalue weighted by Crippen LogP contribution is 2.39. The minimum atomic E-state index is -0.463. The highest BCUT2D eigenvalue weighted by atomic mass is 35.5. The van der Waals surface area contributed by atoms with Crippen molar-refractivity contribution in [2.75, 3.05) is 11.9 Å².